The maximum absolute atomic E-state index is 12.9. The molecule has 3 N–H and O–H groups in total. The van der Waals surface area contributed by atoms with Crippen LogP contribution in [0, 0.1) is 6.92 Å². The summed E-state index contributed by atoms with van der Waals surface area (Å²) in [5.41, 5.74) is 3.79. The Balaban J connectivity index is 1.74. The number of carbonyl (C=O) groups is 2. The molecule has 0 saturated heterocycles. The van der Waals surface area contributed by atoms with Crippen LogP contribution in [-0.4, -0.2) is 20.2 Å². The zero-order valence-corrected chi connectivity index (χ0v) is 18.0. The Kier molecular flexibility index (Phi) is 6.55. The number of anilines is 1. The molecule has 2 amide bonds. The van der Waals surface area contributed by atoms with Gasteiger partial charge in [-0.1, -0.05) is 12.1 Å². The summed E-state index contributed by atoms with van der Waals surface area (Å²) in [5.74, 6) is -1.30. The Hall–Kier alpha value is -3.38. The monoisotopic (exact) mass is 483 g/mol. The highest BCUT2D eigenvalue weighted by molar-refractivity contribution is 7.92. The molecule has 7 nitrogen and oxygen atoms in total. The van der Waals surface area contributed by atoms with Crippen molar-refractivity contribution in [1.82, 2.24) is 10.9 Å². The van der Waals surface area contributed by atoms with Gasteiger partial charge in [0, 0.05) is 11.3 Å². The largest absolute Gasteiger partial charge is 0.416 e. The number of benzene rings is 2. The number of hydrazine groups is 1. The minimum Gasteiger partial charge on any atom is -0.280 e. The lowest BCUT2D eigenvalue weighted by Gasteiger charge is -2.12. The van der Waals surface area contributed by atoms with E-state index in [2.05, 4.69) is 15.6 Å². The van der Waals surface area contributed by atoms with E-state index in [4.69, 9.17) is 0 Å². The lowest BCUT2D eigenvalue weighted by atomic mass is 10.2. The summed E-state index contributed by atoms with van der Waals surface area (Å²) in [4.78, 5) is 24.5. The Labute approximate surface area is 185 Å². The van der Waals surface area contributed by atoms with Gasteiger partial charge in [-0.05, 0) is 60.3 Å². The van der Waals surface area contributed by atoms with E-state index >= 15 is 0 Å². The predicted molar refractivity (Wildman–Crippen MR) is 113 cm³/mol. The number of thiophene rings is 1. The SMILES string of the molecule is Cc1ccsc1C(=O)NNC(=O)c1cccc(S(=O)(=O)Nc2cccc(C(F)(F)F)c2)c1. The highest BCUT2D eigenvalue weighted by Crippen LogP contribution is 2.31. The molecule has 3 rings (SSSR count). The molecular formula is C20H16F3N3O4S2. The Morgan fingerprint density at radius 2 is 1.62 bits per heavy atom. The van der Waals surface area contributed by atoms with E-state index in [1.54, 1.807) is 18.4 Å². The number of sulfonamides is 1. The van der Waals surface area contributed by atoms with E-state index in [0.717, 1.165) is 23.8 Å². The summed E-state index contributed by atoms with van der Waals surface area (Å²) in [6.07, 6.45) is -4.63. The van der Waals surface area contributed by atoms with Gasteiger partial charge in [0.2, 0.25) is 0 Å². The van der Waals surface area contributed by atoms with Crippen LogP contribution in [0.15, 0.2) is 64.9 Å². The predicted octanol–water partition coefficient (Wildman–Crippen LogP) is 3.95. The second kappa shape index (κ2) is 9.01. The number of amides is 2. The van der Waals surface area contributed by atoms with Crippen molar-refractivity contribution in [2.75, 3.05) is 4.72 Å². The minimum absolute atomic E-state index is 0.0832. The number of aryl methyl sites for hydroxylation is 1. The average Bonchev–Trinajstić information content (AvgIpc) is 3.17. The highest BCUT2D eigenvalue weighted by atomic mass is 32.2. The molecule has 3 aromatic rings. The van der Waals surface area contributed by atoms with E-state index in [9.17, 15) is 31.2 Å². The topological polar surface area (TPSA) is 104 Å². The number of hydrogen-bond donors (Lipinski definition) is 3. The van der Waals surface area contributed by atoms with Gasteiger partial charge in [0.25, 0.3) is 21.8 Å². The van der Waals surface area contributed by atoms with Crippen LogP contribution in [0.4, 0.5) is 18.9 Å². The fraction of sp³-hybridized carbons (Fsp3) is 0.100. The molecule has 0 bridgehead atoms. The number of halogens is 3. The second-order valence-corrected chi connectivity index (χ2v) is 9.15. The van der Waals surface area contributed by atoms with Crippen LogP contribution in [-0.2, 0) is 16.2 Å². The molecule has 0 spiro atoms. The quantitative estimate of drug-likeness (QED) is 0.478. The van der Waals surface area contributed by atoms with Crippen molar-refractivity contribution in [2.45, 2.75) is 18.0 Å². The molecule has 2 aromatic carbocycles. The molecule has 0 aliphatic carbocycles. The molecule has 0 saturated carbocycles. The lowest BCUT2D eigenvalue weighted by molar-refractivity contribution is -0.137. The van der Waals surface area contributed by atoms with E-state index in [1.807, 2.05) is 0 Å². The highest BCUT2D eigenvalue weighted by Gasteiger charge is 2.30. The number of rotatable bonds is 5. The summed E-state index contributed by atoms with van der Waals surface area (Å²) >= 11 is 1.19. The van der Waals surface area contributed by atoms with Crippen LogP contribution < -0.4 is 15.6 Å². The van der Waals surface area contributed by atoms with Gasteiger partial charge >= 0.3 is 6.18 Å². The number of hydrogen-bond acceptors (Lipinski definition) is 5. The third kappa shape index (κ3) is 5.45. The van der Waals surface area contributed by atoms with Crippen LogP contribution in [0.25, 0.3) is 0 Å². The lowest BCUT2D eigenvalue weighted by Crippen LogP contribution is -2.41. The van der Waals surface area contributed by atoms with Gasteiger partial charge in [-0.2, -0.15) is 13.2 Å². The second-order valence-electron chi connectivity index (χ2n) is 6.55. The molecule has 0 fully saturated rings. The van der Waals surface area contributed by atoms with Gasteiger partial charge in [-0.3, -0.25) is 25.2 Å². The third-order valence-electron chi connectivity index (χ3n) is 4.21. The van der Waals surface area contributed by atoms with Crippen molar-refractivity contribution in [1.29, 1.82) is 0 Å². The number of alkyl halides is 3. The summed E-state index contributed by atoms with van der Waals surface area (Å²) in [5, 5.41) is 1.72. The van der Waals surface area contributed by atoms with Gasteiger partial charge in [-0.15, -0.1) is 11.3 Å². The molecule has 1 heterocycles. The maximum Gasteiger partial charge on any atom is 0.416 e. The first-order chi connectivity index (χ1) is 15.0. The smallest absolute Gasteiger partial charge is 0.280 e. The Bertz CT molecular complexity index is 1270. The van der Waals surface area contributed by atoms with Crippen molar-refractivity contribution in [3.05, 3.63) is 81.5 Å². The van der Waals surface area contributed by atoms with Gasteiger partial charge in [0.15, 0.2) is 0 Å². The first kappa shape index (κ1) is 23.3. The van der Waals surface area contributed by atoms with E-state index < -0.39 is 33.6 Å². The molecule has 0 aliphatic rings. The molecule has 168 valence electrons. The van der Waals surface area contributed by atoms with Gasteiger partial charge in [0.05, 0.1) is 15.3 Å². The van der Waals surface area contributed by atoms with Crippen LogP contribution in [0.5, 0.6) is 0 Å². The van der Waals surface area contributed by atoms with E-state index in [0.29, 0.717) is 10.9 Å². The van der Waals surface area contributed by atoms with E-state index in [1.165, 1.54) is 35.6 Å². The Morgan fingerprint density at radius 1 is 0.938 bits per heavy atom. The molecule has 0 radical (unpaired) electrons. The fourth-order valence-electron chi connectivity index (χ4n) is 2.63. The van der Waals surface area contributed by atoms with Gasteiger partial charge in [0.1, 0.15) is 0 Å². The summed E-state index contributed by atoms with van der Waals surface area (Å²) in [7, 11) is -4.29. The van der Waals surface area contributed by atoms with Crippen LogP contribution in [0.1, 0.15) is 31.2 Å². The summed E-state index contributed by atoms with van der Waals surface area (Å²) in [6.45, 7) is 1.74. The van der Waals surface area contributed by atoms with Crippen molar-refractivity contribution in [3.8, 4) is 0 Å². The van der Waals surface area contributed by atoms with Crippen LogP contribution >= 0.6 is 11.3 Å². The van der Waals surface area contributed by atoms with Crippen molar-refractivity contribution in [3.63, 3.8) is 0 Å². The van der Waals surface area contributed by atoms with Crippen molar-refractivity contribution >= 4 is 38.9 Å². The number of carbonyl (C=O) groups excluding carboxylic acids is 2. The molecule has 32 heavy (non-hydrogen) atoms. The third-order valence-corrected chi connectivity index (χ3v) is 6.60. The first-order valence-corrected chi connectivity index (χ1v) is 11.3. The molecule has 12 heteroatoms. The molecule has 1 aromatic heterocycles. The Morgan fingerprint density at radius 3 is 2.28 bits per heavy atom. The van der Waals surface area contributed by atoms with Crippen molar-refractivity contribution < 1.29 is 31.2 Å². The molecule has 0 unspecified atom stereocenters. The van der Waals surface area contributed by atoms with Crippen LogP contribution in [0.3, 0.4) is 0 Å². The normalized spacial score (nSPS) is 11.6. The standard InChI is InChI=1S/C20H16F3N3O4S2/c1-12-8-9-31-17(12)19(28)25-24-18(27)13-4-2-7-16(10-13)32(29,30)26-15-6-3-5-14(11-15)20(21,22)23/h2-11,26H,1H3,(H,24,27)(H,25,28). The zero-order valence-electron chi connectivity index (χ0n) is 16.4. The van der Waals surface area contributed by atoms with Gasteiger partial charge < -0.3 is 0 Å². The first-order valence-electron chi connectivity index (χ1n) is 8.92. The fourth-order valence-corrected chi connectivity index (χ4v) is 4.54. The zero-order chi connectivity index (χ0) is 23.5. The van der Waals surface area contributed by atoms with Crippen molar-refractivity contribution in [2.24, 2.45) is 0 Å². The summed E-state index contributed by atoms with van der Waals surface area (Å²) in [6, 6.07) is 10.3. The van der Waals surface area contributed by atoms with Crippen LogP contribution in [0.2, 0.25) is 0 Å². The van der Waals surface area contributed by atoms with Gasteiger partial charge in [-0.25, -0.2) is 8.42 Å². The average molecular weight is 483 g/mol. The molecular weight excluding hydrogens is 467 g/mol. The maximum atomic E-state index is 12.9. The summed E-state index contributed by atoms with van der Waals surface area (Å²) < 4.78 is 65.8. The molecule has 0 aliphatic heterocycles. The number of nitrogens with one attached hydrogen (secondary N) is 3. The minimum atomic E-state index is -4.63. The van der Waals surface area contributed by atoms with E-state index in [-0.39, 0.29) is 16.1 Å². The molecule has 0 atom stereocenters.